The molecule has 6 nitrogen and oxygen atoms in total. The van der Waals surface area contributed by atoms with Crippen LogP contribution in [0.1, 0.15) is 0 Å². The van der Waals surface area contributed by atoms with Crippen LogP contribution >= 0.6 is 11.3 Å². The van der Waals surface area contributed by atoms with E-state index in [9.17, 15) is 8.42 Å². The van der Waals surface area contributed by atoms with Gasteiger partial charge in [0.15, 0.2) is 5.96 Å². The highest BCUT2D eigenvalue weighted by Crippen LogP contribution is 2.19. The fourth-order valence-electron chi connectivity index (χ4n) is 1.66. The smallest absolute Gasteiger partial charge is 0.252 e. The number of guanidine groups is 1. The van der Waals surface area contributed by atoms with Crippen molar-refractivity contribution >= 4 is 27.3 Å². The number of sulfonamides is 1. The Kier molecular flexibility index (Phi) is 5.97. The largest absolute Gasteiger partial charge is 0.349 e. The molecule has 0 spiro atoms. The van der Waals surface area contributed by atoms with E-state index < -0.39 is 10.0 Å². The molecule has 0 aliphatic carbocycles. The lowest BCUT2D eigenvalue weighted by molar-refractivity contribution is 0.461. The number of rotatable bonds is 5. The summed E-state index contributed by atoms with van der Waals surface area (Å²) in [5.74, 6) is 0.812. The van der Waals surface area contributed by atoms with Crippen molar-refractivity contribution in [3.05, 3.63) is 17.5 Å². The molecular weight excluding hydrogens is 296 g/mol. The van der Waals surface area contributed by atoms with Crippen LogP contribution in [0.3, 0.4) is 0 Å². The maximum Gasteiger partial charge on any atom is 0.252 e. The Hall–Kier alpha value is -1.12. The molecule has 0 bridgehead atoms. The van der Waals surface area contributed by atoms with Crippen molar-refractivity contribution < 1.29 is 8.42 Å². The fourth-order valence-corrected chi connectivity index (χ4v) is 4.02. The van der Waals surface area contributed by atoms with Crippen molar-refractivity contribution in [3.8, 4) is 0 Å². The highest BCUT2D eigenvalue weighted by Gasteiger charge is 2.21. The standard InChI is InChI=1S/C12H22N4O2S2/c1-14(2)12(15(3)4)13-8-9-16(5)20(17,18)11-7-6-10-19-11/h6-7,10H,8-9H2,1-5H3. The zero-order valence-corrected chi connectivity index (χ0v) is 14.2. The maximum atomic E-state index is 12.2. The molecule has 8 heteroatoms. The van der Waals surface area contributed by atoms with Crippen LogP contribution in [0.15, 0.2) is 26.7 Å². The first-order valence-corrected chi connectivity index (χ1v) is 8.47. The van der Waals surface area contributed by atoms with Crippen molar-refractivity contribution in [3.63, 3.8) is 0 Å². The van der Waals surface area contributed by atoms with E-state index in [-0.39, 0.29) is 0 Å². The molecule has 0 saturated heterocycles. The van der Waals surface area contributed by atoms with Gasteiger partial charge >= 0.3 is 0 Å². The highest BCUT2D eigenvalue weighted by atomic mass is 32.2. The van der Waals surface area contributed by atoms with Crippen LogP contribution < -0.4 is 0 Å². The number of nitrogens with zero attached hydrogens (tertiary/aromatic N) is 4. The summed E-state index contributed by atoms with van der Waals surface area (Å²) < 4.78 is 26.1. The van der Waals surface area contributed by atoms with Crippen LogP contribution in [0.2, 0.25) is 0 Å². The minimum Gasteiger partial charge on any atom is -0.349 e. The molecule has 114 valence electrons. The number of hydrogen-bond acceptors (Lipinski definition) is 4. The summed E-state index contributed by atoms with van der Waals surface area (Å²) in [6.45, 7) is 0.776. The van der Waals surface area contributed by atoms with Gasteiger partial charge in [-0.2, -0.15) is 4.31 Å². The summed E-state index contributed by atoms with van der Waals surface area (Å²) in [6, 6.07) is 3.35. The van der Waals surface area contributed by atoms with Gasteiger partial charge < -0.3 is 9.80 Å². The van der Waals surface area contributed by atoms with Gasteiger partial charge in [-0.05, 0) is 11.4 Å². The van der Waals surface area contributed by atoms with E-state index in [0.29, 0.717) is 17.3 Å². The summed E-state index contributed by atoms with van der Waals surface area (Å²) >= 11 is 1.23. The third-order valence-electron chi connectivity index (χ3n) is 2.63. The summed E-state index contributed by atoms with van der Waals surface area (Å²) in [5, 5.41) is 1.76. The van der Waals surface area contributed by atoms with Crippen molar-refractivity contribution in [2.75, 3.05) is 48.3 Å². The van der Waals surface area contributed by atoms with Gasteiger partial charge in [0.05, 0.1) is 6.54 Å². The molecule has 0 saturated carbocycles. The zero-order valence-electron chi connectivity index (χ0n) is 12.6. The molecule has 20 heavy (non-hydrogen) atoms. The van der Waals surface area contributed by atoms with Crippen LogP contribution in [-0.2, 0) is 10.0 Å². The summed E-state index contributed by atoms with van der Waals surface area (Å²) in [7, 11) is 5.83. The van der Waals surface area contributed by atoms with Gasteiger partial charge in [-0.25, -0.2) is 8.42 Å². The van der Waals surface area contributed by atoms with Crippen molar-refractivity contribution in [2.24, 2.45) is 4.99 Å². The van der Waals surface area contributed by atoms with E-state index >= 15 is 0 Å². The molecule has 0 atom stereocenters. The summed E-state index contributed by atoms with van der Waals surface area (Å²) in [4.78, 5) is 8.22. The SMILES string of the molecule is CN(C)C(=NCCN(C)S(=O)(=O)c1cccs1)N(C)C. The second-order valence-electron chi connectivity index (χ2n) is 4.73. The molecule has 0 aromatic carbocycles. The third kappa shape index (κ3) is 4.19. The molecule has 1 heterocycles. The Morgan fingerprint density at radius 3 is 2.25 bits per heavy atom. The normalized spacial score (nSPS) is 11.5. The predicted octanol–water partition coefficient (Wildman–Crippen LogP) is 0.848. The van der Waals surface area contributed by atoms with Crippen LogP contribution in [0.4, 0.5) is 0 Å². The average Bonchev–Trinajstić information content (AvgIpc) is 2.87. The molecule has 1 rings (SSSR count). The van der Waals surface area contributed by atoms with Gasteiger partial charge in [0.2, 0.25) is 0 Å². The van der Waals surface area contributed by atoms with E-state index in [0.717, 1.165) is 5.96 Å². The molecule has 0 radical (unpaired) electrons. The zero-order chi connectivity index (χ0) is 15.3. The van der Waals surface area contributed by atoms with Crippen molar-refractivity contribution in [2.45, 2.75) is 4.21 Å². The van der Waals surface area contributed by atoms with Crippen LogP contribution in [0.5, 0.6) is 0 Å². The average molecular weight is 318 g/mol. The number of thiophene rings is 1. The molecule has 0 amide bonds. The minimum absolute atomic E-state index is 0.353. The van der Waals surface area contributed by atoms with Gasteiger partial charge in [0.25, 0.3) is 10.0 Å². The van der Waals surface area contributed by atoms with Gasteiger partial charge in [0, 0.05) is 41.8 Å². The van der Waals surface area contributed by atoms with E-state index in [1.54, 1.807) is 24.6 Å². The Morgan fingerprint density at radius 2 is 1.80 bits per heavy atom. The molecule has 0 fully saturated rings. The Labute approximate surface area is 125 Å². The van der Waals surface area contributed by atoms with E-state index in [4.69, 9.17) is 0 Å². The summed E-state index contributed by atoms with van der Waals surface area (Å²) in [5.41, 5.74) is 0. The Bertz CT molecular complexity index is 526. The highest BCUT2D eigenvalue weighted by molar-refractivity contribution is 7.91. The minimum atomic E-state index is -3.38. The topological polar surface area (TPSA) is 56.2 Å². The quantitative estimate of drug-likeness (QED) is 0.596. The van der Waals surface area contributed by atoms with E-state index in [1.807, 2.05) is 38.0 Å². The fraction of sp³-hybridized carbons (Fsp3) is 0.583. The maximum absolute atomic E-state index is 12.2. The van der Waals surface area contributed by atoms with Crippen LogP contribution in [-0.4, -0.2) is 76.8 Å². The lowest BCUT2D eigenvalue weighted by Gasteiger charge is -2.23. The second kappa shape index (κ2) is 7.05. The van der Waals surface area contributed by atoms with Gasteiger partial charge in [-0.15, -0.1) is 11.3 Å². The molecule has 0 aliphatic heterocycles. The molecule has 0 aliphatic rings. The monoisotopic (exact) mass is 318 g/mol. The molecular formula is C12H22N4O2S2. The molecule has 0 unspecified atom stereocenters. The second-order valence-corrected chi connectivity index (χ2v) is 7.95. The van der Waals surface area contributed by atoms with Gasteiger partial charge in [-0.3, -0.25) is 4.99 Å². The van der Waals surface area contributed by atoms with E-state index in [2.05, 4.69) is 4.99 Å². The van der Waals surface area contributed by atoms with Crippen LogP contribution in [0, 0.1) is 0 Å². The third-order valence-corrected chi connectivity index (χ3v) is 5.86. The summed E-state index contributed by atoms with van der Waals surface area (Å²) in [6.07, 6.45) is 0. The van der Waals surface area contributed by atoms with Crippen molar-refractivity contribution in [1.29, 1.82) is 0 Å². The van der Waals surface area contributed by atoms with Gasteiger partial charge in [0.1, 0.15) is 4.21 Å². The first-order chi connectivity index (χ1) is 9.26. The number of hydrogen-bond donors (Lipinski definition) is 0. The van der Waals surface area contributed by atoms with Crippen molar-refractivity contribution in [1.82, 2.24) is 14.1 Å². The van der Waals surface area contributed by atoms with Gasteiger partial charge in [-0.1, -0.05) is 6.07 Å². The molecule has 1 aromatic rings. The first kappa shape index (κ1) is 16.9. The Morgan fingerprint density at radius 1 is 1.20 bits per heavy atom. The lowest BCUT2D eigenvalue weighted by Crippen LogP contribution is -2.36. The van der Waals surface area contributed by atoms with E-state index in [1.165, 1.54) is 15.6 Å². The Balaban J connectivity index is 2.69. The number of aliphatic imine (C=N–C) groups is 1. The molecule has 1 aromatic heterocycles. The predicted molar refractivity (Wildman–Crippen MR) is 83.8 cm³/mol. The molecule has 0 N–H and O–H groups in total. The number of likely N-dealkylation sites (N-methyl/N-ethyl adjacent to an activating group) is 1. The lowest BCUT2D eigenvalue weighted by atomic mass is 10.6. The van der Waals surface area contributed by atoms with Crippen LogP contribution in [0.25, 0.3) is 0 Å². The first-order valence-electron chi connectivity index (χ1n) is 6.15.